The minimum Gasteiger partial charge on any atom is -0.492 e. The molecular formula is C15H18N2O9. The lowest BCUT2D eigenvalue weighted by Crippen LogP contribution is -2.45. The molecule has 0 spiro atoms. The summed E-state index contributed by atoms with van der Waals surface area (Å²) in [7, 11) is 0. The van der Waals surface area contributed by atoms with Crippen molar-refractivity contribution in [1.82, 2.24) is 9.79 Å². The van der Waals surface area contributed by atoms with Crippen LogP contribution in [0.5, 0.6) is 11.8 Å². The number of allylic oxidation sites excluding steroid dienone is 2. The van der Waals surface area contributed by atoms with Crippen LogP contribution in [0.15, 0.2) is 23.4 Å². The number of nitrogens with zero attached hydrogens (tertiary/aromatic N) is 2. The van der Waals surface area contributed by atoms with E-state index in [1.54, 1.807) is 13.8 Å². The van der Waals surface area contributed by atoms with Crippen molar-refractivity contribution in [2.45, 2.75) is 39.1 Å². The summed E-state index contributed by atoms with van der Waals surface area (Å²) in [5.74, 6) is -5.13. The highest BCUT2D eigenvalue weighted by atomic mass is 16.8. The number of hydrogen-bond donors (Lipinski definition) is 4. The van der Waals surface area contributed by atoms with Crippen molar-refractivity contribution in [2.75, 3.05) is 0 Å². The van der Waals surface area contributed by atoms with E-state index in [4.69, 9.17) is 4.84 Å². The van der Waals surface area contributed by atoms with E-state index in [1.165, 1.54) is 0 Å². The zero-order valence-corrected chi connectivity index (χ0v) is 13.9. The fourth-order valence-electron chi connectivity index (χ4n) is 2.19. The zero-order valence-electron chi connectivity index (χ0n) is 13.9. The average molecular weight is 370 g/mol. The normalized spacial score (nSPS) is 16.5. The van der Waals surface area contributed by atoms with E-state index >= 15 is 0 Å². The predicted molar refractivity (Wildman–Crippen MR) is 81.9 cm³/mol. The van der Waals surface area contributed by atoms with Crippen LogP contribution < -0.4 is 4.84 Å². The van der Waals surface area contributed by atoms with Crippen molar-refractivity contribution in [3.63, 3.8) is 0 Å². The lowest BCUT2D eigenvalue weighted by atomic mass is 10.2. The Morgan fingerprint density at radius 1 is 1.12 bits per heavy atom. The maximum Gasteiger partial charge on any atom is 0.402 e. The number of amides is 1. The van der Waals surface area contributed by atoms with E-state index in [0.717, 1.165) is 22.8 Å². The van der Waals surface area contributed by atoms with Crippen molar-refractivity contribution in [1.29, 1.82) is 0 Å². The lowest BCUT2D eigenvalue weighted by Gasteiger charge is -2.24. The minimum atomic E-state index is -2.37. The Kier molecular flexibility index (Phi) is 5.65. The van der Waals surface area contributed by atoms with Gasteiger partial charge in [-0.15, -0.1) is 4.73 Å². The summed E-state index contributed by atoms with van der Waals surface area (Å²) >= 11 is 0. The molecular weight excluding hydrogens is 352 g/mol. The molecule has 11 heteroatoms. The number of hydrogen-bond acceptors (Lipinski definition) is 9. The second kappa shape index (κ2) is 7.56. The van der Waals surface area contributed by atoms with Gasteiger partial charge in [0, 0.05) is 24.3 Å². The number of aliphatic hydroxyl groups is 2. The van der Waals surface area contributed by atoms with Crippen LogP contribution in [0.4, 0.5) is 0 Å². The summed E-state index contributed by atoms with van der Waals surface area (Å²) in [6, 6.07) is 1.98. The molecule has 2 atom stereocenters. The first-order valence-electron chi connectivity index (χ1n) is 7.52. The highest BCUT2D eigenvalue weighted by molar-refractivity contribution is 6.35. The van der Waals surface area contributed by atoms with Gasteiger partial charge in [-0.25, -0.2) is 9.63 Å². The number of aromatic nitrogens is 1. The number of aliphatic hydroxyl groups excluding tert-OH is 2. The number of hydroxylamine groups is 2. The third-order valence-corrected chi connectivity index (χ3v) is 3.55. The molecule has 4 N–H and O–H groups in total. The maximum absolute atomic E-state index is 11.8. The molecule has 1 aromatic heterocycles. The van der Waals surface area contributed by atoms with Crippen LogP contribution in [0.1, 0.15) is 26.7 Å². The van der Waals surface area contributed by atoms with Crippen LogP contribution in [0.2, 0.25) is 0 Å². The van der Waals surface area contributed by atoms with E-state index in [0.29, 0.717) is 12.1 Å². The molecule has 2 heterocycles. The summed E-state index contributed by atoms with van der Waals surface area (Å²) < 4.78 is 0.242. The first kappa shape index (κ1) is 19.4. The molecule has 2 unspecified atom stereocenters. The fourth-order valence-corrected chi connectivity index (χ4v) is 2.19. The van der Waals surface area contributed by atoms with Gasteiger partial charge in [-0.05, 0) is 20.3 Å². The molecule has 0 aliphatic carbocycles. The molecule has 0 saturated carbocycles. The van der Waals surface area contributed by atoms with Gasteiger partial charge in [0.25, 0.3) is 11.7 Å². The summed E-state index contributed by atoms with van der Waals surface area (Å²) in [4.78, 5) is 44.6. The smallest absolute Gasteiger partial charge is 0.402 e. The van der Waals surface area contributed by atoms with Gasteiger partial charge in [0.1, 0.15) is 0 Å². The van der Waals surface area contributed by atoms with Crippen molar-refractivity contribution in [3.05, 3.63) is 23.4 Å². The summed E-state index contributed by atoms with van der Waals surface area (Å²) in [5, 5.41) is 39.1. The first-order chi connectivity index (χ1) is 12.1. The molecule has 0 bridgehead atoms. The third kappa shape index (κ3) is 3.85. The number of rotatable bonds is 6. The van der Waals surface area contributed by atoms with Crippen LogP contribution in [0.25, 0.3) is 0 Å². The zero-order chi connectivity index (χ0) is 19.6. The Balaban J connectivity index is 2.04. The quantitative estimate of drug-likeness (QED) is 0.362. The molecule has 11 nitrogen and oxygen atoms in total. The van der Waals surface area contributed by atoms with E-state index in [9.17, 15) is 34.8 Å². The van der Waals surface area contributed by atoms with Crippen LogP contribution >= 0.6 is 0 Å². The van der Waals surface area contributed by atoms with Crippen molar-refractivity contribution in [3.8, 4) is 11.8 Å². The van der Waals surface area contributed by atoms with E-state index in [1.807, 2.05) is 0 Å². The van der Waals surface area contributed by atoms with Gasteiger partial charge in [-0.3, -0.25) is 9.59 Å². The first-order valence-corrected chi connectivity index (χ1v) is 7.52. The van der Waals surface area contributed by atoms with Gasteiger partial charge in [-0.2, -0.15) is 5.06 Å². The molecule has 0 radical (unpaired) electrons. The monoisotopic (exact) mass is 370 g/mol. The fraction of sp³-hybridized carbons (Fsp3) is 0.400. The standard InChI is InChI=1S/C15H18N2O9/c1-7(2)8-3-4-9(18)16(8)25-14(23)12(21)13(22)15(24)26-17-10(19)5-6-11(17)20/h5-6,12,14,19-21,23H,3-4H2,1-2H3. The molecule has 1 aliphatic rings. The molecule has 1 fully saturated rings. The van der Waals surface area contributed by atoms with Crippen molar-refractivity contribution < 1.29 is 44.5 Å². The highest BCUT2D eigenvalue weighted by Crippen LogP contribution is 2.26. The average Bonchev–Trinajstić information content (AvgIpc) is 3.10. The Morgan fingerprint density at radius 3 is 2.23 bits per heavy atom. The van der Waals surface area contributed by atoms with Gasteiger partial charge < -0.3 is 25.3 Å². The van der Waals surface area contributed by atoms with Gasteiger partial charge in [0.05, 0.1) is 0 Å². The second-order valence-electron chi connectivity index (χ2n) is 5.66. The number of carbonyl (C=O) groups excluding carboxylic acids is 3. The van der Waals surface area contributed by atoms with E-state index in [-0.39, 0.29) is 11.2 Å². The Morgan fingerprint density at radius 2 is 1.69 bits per heavy atom. The molecule has 1 aromatic rings. The molecule has 2 rings (SSSR count). The van der Waals surface area contributed by atoms with Crippen molar-refractivity contribution in [2.24, 2.45) is 0 Å². The molecule has 1 saturated heterocycles. The minimum absolute atomic E-state index is 0.130. The van der Waals surface area contributed by atoms with E-state index in [2.05, 4.69) is 4.84 Å². The molecule has 26 heavy (non-hydrogen) atoms. The predicted octanol–water partition coefficient (Wildman–Crippen LogP) is -1.05. The van der Waals surface area contributed by atoms with Crippen LogP contribution in [-0.2, 0) is 19.2 Å². The van der Waals surface area contributed by atoms with Gasteiger partial charge >= 0.3 is 5.97 Å². The van der Waals surface area contributed by atoms with Crippen LogP contribution in [0, 0.1) is 0 Å². The number of aromatic hydroxyl groups is 2. The SMILES string of the molecule is CC(C)=C1CCC(=O)N1OC(O)C(O)C(=O)C(=O)On1c(O)ccc1O. The van der Waals surface area contributed by atoms with Gasteiger partial charge in [0.2, 0.25) is 18.1 Å². The molecule has 0 aromatic carbocycles. The Labute approximate surface area is 147 Å². The Bertz CT molecular complexity index is 744. The van der Waals surface area contributed by atoms with Gasteiger partial charge in [0.15, 0.2) is 6.10 Å². The van der Waals surface area contributed by atoms with Crippen LogP contribution in [-0.4, -0.2) is 60.3 Å². The Hall–Kier alpha value is -2.89. The van der Waals surface area contributed by atoms with Crippen molar-refractivity contribution >= 4 is 17.7 Å². The number of ketones is 1. The summed E-state index contributed by atoms with van der Waals surface area (Å²) in [6.45, 7) is 3.43. The highest BCUT2D eigenvalue weighted by Gasteiger charge is 2.37. The maximum atomic E-state index is 11.8. The second-order valence-corrected chi connectivity index (χ2v) is 5.66. The molecule has 1 aliphatic heterocycles. The largest absolute Gasteiger partial charge is 0.492 e. The number of carbonyl (C=O) groups is 3. The third-order valence-electron chi connectivity index (χ3n) is 3.55. The van der Waals surface area contributed by atoms with E-state index < -0.39 is 41.8 Å². The summed E-state index contributed by atoms with van der Waals surface area (Å²) in [5.41, 5.74) is 1.21. The number of Topliss-reactive ketones (excluding diaryl/α,β-unsaturated/α-hetero) is 1. The molecule has 142 valence electrons. The summed E-state index contributed by atoms with van der Waals surface area (Å²) in [6.07, 6.45) is -4.09. The molecule has 1 amide bonds. The lowest BCUT2D eigenvalue weighted by molar-refractivity contribution is -0.261. The topological polar surface area (TPSA) is 159 Å². The van der Waals surface area contributed by atoms with Gasteiger partial charge in [-0.1, -0.05) is 5.57 Å². The van der Waals surface area contributed by atoms with Crippen LogP contribution in [0.3, 0.4) is 0 Å².